The summed E-state index contributed by atoms with van der Waals surface area (Å²) in [6.07, 6.45) is 3.61. The smallest absolute Gasteiger partial charge is 0.276 e. The van der Waals surface area contributed by atoms with Gasteiger partial charge in [-0.25, -0.2) is 0 Å². The molecule has 32 heavy (non-hydrogen) atoms. The van der Waals surface area contributed by atoms with Crippen LogP contribution in [-0.2, 0) is 24.8 Å². The normalized spacial score (nSPS) is 10.7. The third-order valence-electron chi connectivity index (χ3n) is 4.91. The SMILES string of the molecule is Cc1cccc(Cn2cc(NC(=O)c3cc(NC(=O)Cc4ccccc4)n(C)n3)cn2)c1. The van der Waals surface area contributed by atoms with E-state index in [0.717, 1.165) is 11.1 Å². The maximum atomic E-state index is 12.6. The van der Waals surface area contributed by atoms with Crippen LogP contribution in [0.5, 0.6) is 0 Å². The third kappa shape index (κ3) is 5.28. The highest BCUT2D eigenvalue weighted by molar-refractivity contribution is 6.03. The minimum atomic E-state index is -0.376. The molecule has 2 heterocycles. The Hall–Kier alpha value is -4.20. The number of amides is 2. The van der Waals surface area contributed by atoms with Crippen molar-refractivity contribution in [2.75, 3.05) is 10.6 Å². The van der Waals surface area contributed by atoms with Crippen molar-refractivity contribution in [1.29, 1.82) is 0 Å². The fourth-order valence-corrected chi connectivity index (χ4v) is 3.37. The van der Waals surface area contributed by atoms with Crippen molar-refractivity contribution in [2.45, 2.75) is 19.9 Å². The molecule has 0 aliphatic rings. The van der Waals surface area contributed by atoms with Crippen LogP contribution in [-0.4, -0.2) is 31.4 Å². The molecule has 0 spiro atoms. The van der Waals surface area contributed by atoms with Crippen molar-refractivity contribution in [3.63, 3.8) is 0 Å². The summed E-state index contributed by atoms with van der Waals surface area (Å²) in [5, 5.41) is 14.1. The van der Waals surface area contributed by atoms with Gasteiger partial charge in [0.2, 0.25) is 5.91 Å². The summed E-state index contributed by atoms with van der Waals surface area (Å²) < 4.78 is 3.23. The Balaban J connectivity index is 1.37. The first-order valence-corrected chi connectivity index (χ1v) is 10.2. The van der Waals surface area contributed by atoms with E-state index in [1.54, 1.807) is 30.2 Å². The first-order valence-electron chi connectivity index (χ1n) is 10.2. The summed E-state index contributed by atoms with van der Waals surface area (Å²) in [6, 6.07) is 19.2. The molecule has 0 saturated carbocycles. The van der Waals surface area contributed by atoms with Gasteiger partial charge in [-0.15, -0.1) is 0 Å². The highest BCUT2D eigenvalue weighted by Gasteiger charge is 2.15. The Morgan fingerprint density at radius 3 is 2.53 bits per heavy atom. The average molecular weight is 428 g/mol. The predicted octanol–water partition coefficient (Wildman–Crippen LogP) is 3.41. The monoisotopic (exact) mass is 428 g/mol. The number of carbonyl (C=O) groups is 2. The van der Waals surface area contributed by atoms with Crippen LogP contribution in [0.4, 0.5) is 11.5 Å². The van der Waals surface area contributed by atoms with Crippen molar-refractivity contribution in [3.8, 4) is 0 Å². The number of nitrogens with zero attached hydrogens (tertiary/aromatic N) is 4. The van der Waals surface area contributed by atoms with Gasteiger partial charge in [-0.3, -0.25) is 19.0 Å². The molecule has 8 heteroatoms. The van der Waals surface area contributed by atoms with Gasteiger partial charge in [-0.05, 0) is 18.1 Å². The summed E-state index contributed by atoms with van der Waals surface area (Å²) in [4.78, 5) is 24.9. The van der Waals surface area contributed by atoms with Crippen molar-refractivity contribution in [2.24, 2.45) is 7.05 Å². The minimum absolute atomic E-state index is 0.177. The molecule has 0 aliphatic heterocycles. The van der Waals surface area contributed by atoms with Gasteiger partial charge in [0.1, 0.15) is 5.82 Å². The molecule has 0 radical (unpaired) electrons. The van der Waals surface area contributed by atoms with Crippen molar-refractivity contribution in [3.05, 3.63) is 95.4 Å². The lowest BCUT2D eigenvalue weighted by molar-refractivity contribution is -0.115. The van der Waals surface area contributed by atoms with Gasteiger partial charge in [0.05, 0.1) is 24.8 Å². The zero-order valence-electron chi connectivity index (χ0n) is 17.9. The number of anilines is 2. The molecule has 0 bridgehead atoms. The number of benzene rings is 2. The highest BCUT2D eigenvalue weighted by Crippen LogP contribution is 2.14. The first kappa shape index (κ1) is 21.0. The lowest BCUT2D eigenvalue weighted by atomic mass is 10.1. The van der Waals surface area contributed by atoms with E-state index in [1.165, 1.54) is 10.2 Å². The molecule has 4 aromatic rings. The average Bonchev–Trinajstić information content (AvgIpc) is 3.35. The molecule has 0 unspecified atom stereocenters. The molecule has 2 aromatic heterocycles. The number of nitrogens with one attached hydrogen (secondary N) is 2. The highest BCUT2D eigenvalue weighted by atomic mass is 16.2. The summed E-state index contributed by atoms with van der Waals surface area (Å²) >= 11 is 0. The Labute approximate surface area is 185 Å². The maximum Gasteiger partial charge on any atom is 0.276 e. The lowest BCUT2D eigenvalue weighted by Crippen LogP contribution is -2.16. The van der Waals surface area contributed by atoms with Crippen LogP contribution in [0.25, 0.3) is 0 Å². The molecule has 0 saturated heterocycles. The van der Waals surface area contributed by atoms with E-state index in [1.807, 2.05) is 55.5 Å². The molecule has 0 atom stereocenters. The second-order valence-electron chi connectivity index (χ2n) is 7.62. The summed E-state index contributed by atoms with van der Waals surface area (Å²) in [5.74, 6) is -0.103. The summed E-state index contributed by atoms with van der Waals surface area (Å²) in [5.41, 5.74) is 4.00. The van der Waals surface area contributed by atoms with E-state index >= 15 is 0 Å². The topological polar surface area (TPSA) is 93.8 Å². The molecular weight excluding hydrogens is 404 g/mol. The zero-order chi connectivity index (χ0) is 22.5. The number of hydrogen-bond donors (Lipinski definition) is 2. The summed E-state index contributed by atoms with van der Waals surface area (Å²) in [7, 11) is 1.68. The Bertz CT molecular complexity index is 1240. The van der Waals surface area contributed by atoms with Crippen molar-refractivity contribution >= 4 is 23.3 Å². The largest absolute Gasteiger partial charge is 0.318 e. The number of aryl methyl sites for hydroxylation is 2. The molecule has 2 aromatic carbocycles. The fraction of sp³-hybridized carbons (Fsp3) is 0.167. The quantitative estimate of drug-likeness (QED) is 0.472. The number of rotatable bonds is 7. The minimum Gasteiger partial charge on any atom is -0.318 e. The van der Waals surface area contributed by atoms with E-state index in [2.05, 4.69) is 26.9 Å². The van der Waals surface area contributed by atoms with E-state index in [0.29, 0.717) is 18.1 Å². The van der Waals surface area contributed by atoms with Gasteiger partial charge in [0.15, 0.2) is 5.69 Å². The number of aromatic nitrogens is 4. The van der Waals surface area contributed by atoms with Crippen LogP contribution in [0.15, 0.2) is 73.1 Å². The molecule has 162 valence electrons. The summed E-state index contributed by atoms with van der Waals surface area (Å²) in [6.45, 7) is 2.65. The second-order valence-corrected chi connectivity index (χ2v) is 7.62. The van der Waals surface area contributed by atoms with Gasteiger partial charge in [-0.1, -0.05) is 60.2 Å². The number of carbonyl (C=O) groups excluding carboxylic acids is 2. The zero-order valence-corrected chi connectivity index (χ0v) is 17.9. The van der Waals surface area contributed by atoms with Crippen LogP contribution in [0.1, 0.15) is 27.2 Å². The van der Waals surface area contributed by atoms with E-state index < -0.39 is 0 Å². The fourth-order valence-electron chi connectivity index (χ4n) is 3.37. The molecule has 4 rings (SSSR count). The lowest BCUT2D eigenvalue weighted by Gasteiger charge is -2.04. The third-order valence-corrected chi connectivity index (χ3v) is 4.91. The predicted molar refractivity (Wildman–Crippen MR) is 122 cm³/mol. The Kier molecular flexibility index (Phi) is 6.12. The van der Waals surface area contributed by atoms with Gasteiger partial charge in [0.25, 0.3) is 5.91 Å². The van der Waals surface area contributed by atoms with Crippen LogP contribution in [0.3, 0.4) is 0 Å². The van der Waals surface area contributed by atoms with E-state index in [-0.39, 0.29) is 23.9 Å². The number of hydrogen-bond acceptors (Lipinski definition) is 4. The molecular formula is C24H24N6O2. The van der Waals surface area contributed by atoms with Crippen molar-refractivity contribution < 1.29 is 9.59 Å². The maximum absolute atomic E-state index is 12.6. The molecule has 0 fully saturated rings. The Morgan fingerprint density at radius 2 is 1.75 bits per heavy atom. The van der Waals surface area contributed by atoms with E-state index in [4.69, 9.17) is 0 Å². The van der Waals surface area contributed by atoms with Gasteiger partial charge < -0.3 is 10.6 Å². The second kappa shape index (κ2) is 9.30. The van der Waals surface area contributed by atoms with Crippen LogP contribution < -0.4 is 10.6 Å². The standard InChI is InChI=1S/C24H24N6O2/c1-17-7-6-10-19(11-17)15-30-16-20(14-25-30)26-24(32)21-13-22(29(2)28-21)27-23(31)12-18-8-4-3-5-9-18/h3-11,13-14,16H,12,15H2,1-2H3,(H,26,32)(H,27,31). The molecule has 0 aliphatic carbocycles. The van der Waals surface area contributed by atoms with Crippen LogP contribution in [0.2, 0.25) is 0 Å². The van der Waals surface area contributed by atoms with Crippen LogP contribution >= 0.6 is 0 Å². The molecule has 8 nitrogen and oxygen atoms in total. The molecule has 2 N–H and O–H groups in total. The first-order chi connectivity index (χ1) is 15.5. The van der Waals surface area contributed by atoms with Gasteiger partial charge in [-0.2, -0.15) is 10.2 Å². The van der Waals surface area contributed by atoms with Crippen LogP contribution in [0, 0.1) is 6.92 Å². The Morgan fingerprint density at radius 1 is 0.969 bits per heavy atom. The molecule has 2 amide bonds. The van der Waals surface area contributed by atoms with Gasteiger partial charge >= 0.3 is 0 Å². The van der Waals surface area contributed by atoms with Crippen molar-refractivity contribution in [1.82, 2.24) is 19.6 Å². The van der Waals surface area contributed by atoms with E-state index in [9.17, 15) is 9.59 Å². The van der Waals surface area contributed by atoms with Gasteiger partial charge in [0, 0.05) is 19.3 Å².